The van der Waals surface area contributed by atoms with E-state index in [1.807, 2.05) is 29.8 Å². The molecule has 0 amide bonds. The lowest BCUT2D eigenvalue weighted by Gasteiger charge is -2.08. The molecule has 0 aliphatic heterocycles. The Morgan fingerprint density at radius 2 is 1.85 bits per heavy atom. The SMILES string of the molecule is O=[N+]([O-])c1ccc(Cc2cc(-c3cccc(Cl)c3)c3ncsc3c2)cc1. The highest BCUT2D eigenvalue weighted by Crippen LogP contribution is 2.33. The molecule has 0 bridgehead atoms. The van der Waals surface area contributed by atoms with Gasteiger partial charge in [0.25, 0.3) is 5.69 Å². The zero-order valence-electron chi connectivity index (χ0n) is 13.6. The lowest BCUT2D eigenvalue weighted by molar-refractivity contribution is -0.384. The number of thiazole rings is 1. The zero-order valence-corrected chi connectivity index (χ0v) is 15.1. The van der Waals surface area contributed by atoms with Crippen molar-refractivity contribution in [3.63, 3.8) is 0 Å². The van der Waals surface area contributed by atoms with Crippen LogP contribution in [0.1, 0.15) is 11.1 Å². The summed E-state index contributed by atoms with van der Waals surface area (Å²) in [5, 5.41) is 11.5. The van der Waals surface area contributed by atoms with Crippen molar-refractivity contribution in [1.82, 2.24) is 4.98 Å². The van der Waals surface area contributed by atoms with Gasteiger partial charge in [0, 0.05) is 22.7 Å². The van der Waals surface area contributed by atoms with Crippen molar-refractivity contribution in [3.8, 4) is 11.1 Å². The summed E-state index contributed by atoms with van der Waals surface area (Å²) in [6.07, 6.45) is 0.694. The molecule has 0 spiro atoms. The molecule has 128 valence electrons. The van der Waals surface area contributed by atoms with Crippen LogP contribution in [0.2, 0.25) is 5.02 Å². The fourth-order valence-electron chi connectivity index (χ4n) is 2.97. The molecule has 3 aromatic carbocycles. The second-order valence-electron chi connectivity index (χ2n) is 5.95. The second-order valence-corrected chi connectivity index (χ2v) is 7.28. The quantitative estimate of drug-likeness (QED) is 0.316. The summed E-state index contributed by atoms with van der Waals surface area (Å²) >= 11 is 7.75. The monoisotopic (exact) mass is 380 g/mol. The van der Waals surface area contributed by atoms with Crippen LogP contribution in [-0.4, -0.2) is 9.91 Å². The molecule has 0 fully saturated rings. The first-order valence-electron chi connectivity index (χ1n) is 7.95. The highest BCUT2D eigenvalue weighted by Gasteiger charge is 2.11. The van der Waals surface area contributed by atoms with E-state index in [1.54, 1.807) is 35.6 Å². The van der Waals surface area contributed by atoms with Crippen LogP contribution in [0, 0.1) is 10.1 Å². The van der Waals surface area contributed by atoms with Gasteiger partial charge in [-0.2, -0.15) is 0 Å². The predicted octanol–water partition coefficient (Wildman–Crippen LogP) is 6.12. The van der Waals surface area contributed by atoms with E-state index < -0.39 is 0 Å². The average molecular weight is 381 g/mol. The van der Waals surface area contributed by atoms with Crippen LogP contribution in [0.15, 0.2) is 66.2 Å². The molecule has 0 aliphatic rings. The lowest BCUT2D eigenvalue weighted by atomic mass is 9.98. The van der Waals surface area contributed by atoms with Gasteiger partial charge < -0.3 is 0 Å². The number of hydrogen-bond donors (Lipinski definition) is 0. The number of non-ortho nitro benzene ring substituents is 1. The van der Waals surface area contributed by atoms with Gasteiger partial charge in [-0.25, -0.2) is 4.98 Å². The van der Waals surface area contributed by atoms with Crippen LogP contribution in [0.4, 0.5) is 5.69 Å². The molecule has 0 aliphatic carbocycles. The fourth-order valence-corrected chi connectivity index (χ4v) is 3.93. The van der Waals surface area contributed by atoms with Crippen LogP contribution in [0.25, 0.3) is 21.3 Å². The number of benzene rings is 3. The van der Waals surface area contributed by atoms with Crippen molar-refractivity contribution in [2.75, 3.05) is 0 Å². The zero-order chi connectivity index (χ0) is 18.1. The predicted molar refractivity (Wildman–Crippen MR) is 106 cm³/mol. The molecule has 0 radical (unpaired) electrons. The van der Waals surface area contributed by atoms with Crippen LogP contribution in [-0.2, 0) is 6.42 Å². The first-order chi connectivity index (χ1) is 12.6. The van der Waals surface area contributed by atoms with E-state index in [4.69, 9.17) is 11.6 Å². The van der Waals surface area contributed by atoms with Crippen molar-refractivity contribution >= 4 is 38.8 Å². The van der Waals surface area contributed by atoms with Crippen LogP contribution < -0.4 is 0 Å². The van der Waals surface area contributed by atoms with E-state index >= 15 is 0 Å². The third kappa shape index (κ3) is 3.31. The molecule has 26 heavy (non-hydrogen) atoms. The Bertz CT molecular complexity index is 1110. The molecule has 4 nitrogen and oxygen atoms in total. The third-order valence-electron chi connectivity index (χ3n) is 4.19. The Hall–Kier alpha value is -2.76. The Kier molecular flexibility index (Phi) is 4.41. The van der Waals surface area contributed by atoms with Gasteiger partial charge in [0.05, 0.1) is 20.7 Å². The number of nitro benzene ring substituents is 1. The van der Waals surface area contributed by atoms with Crippen molar-refractivity contribution in [1.29, 1.82) is 0 Å². The molecule has 0 saturated heterocycles. The topological polar surface area (TPSA) is 56.0 Å². The molecule has 6 heteroatoms. The second kappa shape index (κ2) is 6.86. The minimum absolute atomic E-state index is 0.103. The van der Waals surface area contributed by atoms with E-state index in [-0.39, 0.29) is 10.6 Å². The average Bonchev–Trinajstić information content (AvgIpc) is 3.10. The molecule has 4 rings (SSSR count). The van der Waals surface area contributed by atoms with Crippen molar-refractivity contribution in [3.05, 3.63) is 92.4 Å². The maximum atomic E-state index is 10.8. The van der Waals surface area contributed by atoms with E-state index in [1.165, 1.54) is 0 Å². The van der Waals surface area contributed by atoms with Crippen molar-refractivity contribution < 1.29 is 4.92 Å². The molecule has 1 aromatic heterocycles. The fraction of sp³-hybridized carbons (Fsp3) is 0.0500. The van der Waals surface area contributed by atoms with Gasteiger partial charge in [-0.1, -0.05) is 35.9 Å². The maximum Gasteiger partial charge on any atom is 0.269 e. The summed E-state index contributed by atoms with van der Waals surface area (Å²) in [6.45, 7) is 0. The molecule has 0 unspecified atom stereocenters. The first kappa shape index (κ1) is 16.7. The number of nitrogens with zero attached hydrogens (tertiary/aromatic N) is 2. The van der Waals surface area contributed by atoms with Crippen LogP contribution in [0.3, 0.4) is 0 Å². The van der Waals surface area contributed by atoms with Crippen molar-refractivity contribution in [2.24, 2.45) is 0 Å². The highest BCUT2D eigenvalue weighted by atomic mass is 35.5. The highest BCUT2D eigenvalue weighted by molar-refractivity contribution is 7.16. The molecule has 0 atom stereocenters. The molecule has 0 saturated carbocycles. The first-order valence-corrected chi connectivity index (χ1v) is 9.21. The van der Waals surface area contributed by atoms with Crippen LogP contribution in [0.5, 0.6) is 0 Å². The normalized spacial score (nSPS) is 11.0. The van der Waals surface area contributed by atoms with Gasteiger partial charge in [0.1, 0.15) is 0 Å². The number of nitro groups is 1. The van der Waals surface area contributed by atoms with E-state index in [0.29, 0.717) is 11.4 Å². The van der Waals surface area contributed by atoms with Gasteiger partial charge in [-0.3, -0.25) is 10.1 Å². The minimum Gasteiger partial charge on any atom is -0.258 e. The van der Waals surface area contributed by atoms with E-state index in [0.717, 1.165) is 32.5 Å². The Morgan fingerprint density at radius 1 is 1.04 bits per heavy atom. The summed E-state index contributed by atoms with van der Waals surface area (Å²) in [7, 11) is 0. The molecular formula is C20H13ClN2O2S. The van der Waals surface area contributed by atoms with E-state index in [9.17, 15) is 10.1 Å². The number of halogens is 1. The summed E-state index contributed by atoms with van der Waals surface area (Å²) in [5.74, 6) is 0. The van der Waals surface area contributed by atoms with Gasteiger partial charge in [0.15, 0.2) is 0 Å². The van der Waals surface area contributed by atoms with E-state index in [2.05, 4.69) is 17.1 Å². The van der Waals surface area contributed by atoms with Gasteiger partial charge in [-0.05, 0) is 47.4 Å². The Balaban J connectivity index is 1.75. The lowest BCUT2D eigenvalue weighted by Crippen LogP contribution is -1.92. The summed E-state index contributed by atoms with van der Waals surface area (Å²) in [6, 6.07) is 18.7. The van der Waals surface area contributed by atoms with Crippen LogP contribution >= 0.6 is 22.9 Å². The molecule has 1 heterocycles. The largest absolute Gasteiger partial charge is 0.269 e. The Morgan fingerprint density at radius 3 is 2.58 bits per heavy atom. The molecule has 4 aromatic rings. The number of aromatic nitrogens is 1. The third-order valence-corrected chi connectivity index (χ3v) is 5.20. The number of hydrogen-bond acceptors (Lipinski definition) is 4. The summed E-state index contributed by atoms with van der Waals surface area (Å²) < 4.78 is 1.11. The standard InChI is InChI=1S/C20H13ClN2O2S/c21-16-3-1-2-15(11-16)18-9-14(10-19-20(18)22-12-26-19)8-13-4-6-17(7-5-13)23(24)25/h1-7,9-12H,8H2. The Labute approximate surface area is 158 Å². The minimum atomic E-state index is -0.385. The molecule has 0 N–H and O–H groups in total. The van der Waals surface area contributed by atoms with Gasteiger partial charge in [-0.15, -0.1) is 11.3 Å². The smallest absolute Gasteiger partial charge is 0.258 e. The van der Waals surface area contributed by atoms with Crippen molar-refractivity contribution in [2.45, 2.75) is 6.42 Å². The molecular weight excluding hydrogens is 368 g/mol. The maximum absolute atomic E-state index is 10.8. The number of fused-ring (bicyclic) bond motifs is 1. The van der Waals surface area contributed by atoms with Gasteiger partial charge in [0.2, 0.25) is 0 Å². The summed E-state index contributed by atoms with van der Waals surface area (Å²) in [5.41, 5.74) is 7.13. The summed E-state index contributed by atoms with van der Waals surface area (Å²) in [4.78, 5) is 14.9. The van der Waals surface area contributed by atoms with Gasteiger partial charge >= 0.3 is 0 Å². The number of rotatable bonds is 4.